The number of hydrogen-bond donors (Lipinski definition) is 2. The molecule has 3 aromatic rings. The summed E-state index contributed by atoms with van der Waals surface area (Å²) in [4.78, 5) is 8.53. The van der Waals surface area contributed by atoms with Gasteiger partial charge in [-0.3, -0.25) is 0 Å². The molecule has 0 unspecified atom stereocenters. The van der Waals surface area contributed by atoms with E-state index in [-0.39, 0.29) is 0 Å². The van der Waals surface area contributed by atoms with Gasteiger partial charge < -0.3 is 20.2 Å². The van der Waals surface area contributed by atoms with E-state index >= 15 is 0 Å². The highest BCUT2D eigenvalue weighted by molar-refractivity contribution is 5.74. The molecule has 0 radical (unpaired) electrons. The molecule has 1 aromatic carbocycles. The van der Waals surface area contributed by atoms with E-state index in [2.05, 4.69) is 15.3 Å². The molecule has 96 valence electrons. The van der Waals surface area contributed by atoms with Gasteiger partial charge in [-0.25, -0.2) is 9.97 Å². The summed E-state index contributed by atoms with van der Waals surface area (Å²) in [6.45, 7) is 0. The second-order valence-electron chi connectivity index (χ2n) is 4.00. The highest BCUT2D eigenvalue weighted by atomic mass is 16.5. The molecule has 0 aliphatic carbocycles. The number of aromatic nitrogens is 3. The van der Waals surface area contributed by atoms with Crippen LogP contribution in [0.15, 0.2) is 42.9 Å². The lowest BCUT2D eigenvalue weighted by Crippen LogP contribution is -2.02. The van der Waals surface area contributed by atoms with Crippen LogP contribution in [0.25, 0.3) is 5.65 Å². The zero-order valence-electron chi connectivity index (χ0n) is 10.4. The van der Waals surface area contributed by atoms with Crippen LogP contribution < -0.4 is 15.8 Å². The van der Waals surface area contributed by atoms with E-state index in [1.807, 2.05) is 34.9 Å². The van der Waals surface area contributed by atoms with Crippen LogP contribution in [-0.2, 0) is 0 Å². The van der Waals surface area contributed by atoms with Gasteiger partial charge in [-0.15, -0.1) is 0 Å². The fourth-order valence-electron chi connectivity index (χ4n) is 1.91. The Kier molecular flexibility index (Phi) is 2.68. The van der Waals surface area contributed by atoms with Gasteiger partial charge in [-0.05, 0) is 12.1 Å². The number of fused-ring (bicyclic) bond motifs is 1. The van der Waals surface area contributed by atoms with Gasteiger partial charge in [0.15, 0.2) is 11.5 Å². The van der Waals surface area contributed by atoms with Crippen LogP contribution >= 0.6 is 0 Å². The van der Waals surface area contributed by atoms with Gasteiger partial charge in [0.1, 0.15) is 11.6 Å². The maximum absolute atomic E-state index is 5.78. The Labute approximate surface area is 109 Å². The van der Waals surface area contributed by atoms with Gasteiger partial charge in [-0.2, -0.15) is 0 Å². The number of nitrogens with two attached hydrogens (primary N) is 1. The molecule has 0 atom stereocenters. The molecule has 3 N–H and O–H groups in total. The maximum Gasteiger partial charge on any atom is 0.180 e. The molecule has 0 saturated carbocycles. The number of rotatable bonds is 3. The Morgan fingerprint density at radius 3 is 3.00 bits per heavy atom. The molecule has 0 aliphatic heterocycles. The zero-order valence-corrected chi connectivity index (χ0v) is 10.4. The number of methoxy groups -OCH3 is 1. The van der Waals surface area contributed by atoms with E-state index < -0.39 is 0 Å². The lowest BCUT2D eigenvalue weighted by atomic mass is 10.3. The summed E-state index contributed by atoms with van der Waals surface area (Å²) in [5, 5.41) is 3.19. The van der Waals surface area contributed by atoms with E-state index in [0.717, 1.165) is 11.4 Å². The average Bonchev–Trinajstić information content (AvgIpc) is 2.87. The smallest absolute Gasteiger partial charge is 0.180 e. The lowest BCUT2D eigenvalue weighted by molar-refractivity contribution is 0.417. The summed E-state index contributed by atoms with van der Waals surface area (Å²) in [6.07, 6.45) is 5.24. The number of hydrogen-bond acceptors (Lipinski definition) is 5. The number of nitrogens with one attached hydrogen (secondary N) is 1. The van der Waals surface area contributed by atoms with Crippen LogP contribution in [0.3, 0.4) is 0 Å². The summed E-state index contributed by atoms with van der Waals surface area (Å²) >= 11 is 0. The third-order valence-corrected chi connectivity index (χ3v) is 2.75. The molecule has 6 heteroatoms. The van der Waals surface area contributed by atoms with Crippen molar-refractivity contribution in [2.45, 2.75) is 0 Å². The van der Waals surface area contributed by atoms with Crippen molar-refractivity contribution in [2.75, 3.05) is 18.2 Å². The third-order valence-electron chi connectivity index (χ3n) is 2.75. The van der Waals surface area contributed by atoms with Crippen molar-refractivity contribution in [1.29, 1.82) is 0 Å². The van der Waals surface area contributed by atoms with E-state index in [0.29, 0.717) is 17.3 Å². The van der Waals surface area contributed by atoms with Gasteiger partial charge in [0.2, 0.25) is 0 Å². The van der Waals surface area contributed by atoms with Crippen LogP contribution in [0.5, 0.6) is 5.75 Å². The molecule has 3 rings (SSSR count). The van der Waals surface area contributed by atoms with Crippen LogP contribution in [0, 0.1) is 0 Å². The second kappa shape index (κ2) is 4.49. The van der Waals surface area contributed by atoms with Crippen molar-refractivity contribution >= 4 is 23.0 Å². The average molecular weight is 255 g/mol. The Bertz CT molecular complexity index is 722. The monoisotopic (exact) mass is 255 g/mol. The molecule has 19 heavy (non-hydrogen) atoms. The molecule has 0 amide bonds. The first-order valence-corrected chi connectivity index (χ1v) is 5.77. The SMILES string of the molecule is COc1ccccc1Nc1nc(N)cn2ccnc12. The number of benzene rings is 1. The second-order valence-corrected chi connectivity index (χ2v) is 4.00. The van der Waals surface area contributed by atoms with Crippen molar-refractivity contribution in [2.24, 2.45) is 0 Å². The number of nitrogens with zero attached hydrogens (tertiary/aromatic N) is 3. The summed E-state index contributed by atoms with van der Waals surface area (Å²) in [5.74, 6) is 1.74. The van der Waals surface area contributed by atoms with E-state index in [9.17, 15) is 0 Å². The molecule has 0 fully saturated rings. The fraction of sp³-hybridized carbons (Fsp3) is 0.0769. The minimum atomic E-state index is 0.419. The number of para-hydroxylation sites is 2. The highest BCUT2D eigenvalue weighted by Gasteiger charge is 2.08. The summed E-state index contributed by atoms with van der Waals surface area (Å²) in [7, 11) is 1.62. The third kappa shape index (κ3) is 2.03. The topological polar surface area (TPSA) is 77.5 Å². The first-order chi connectivity index (χ1) is 9.28. The van der Waals surface area contributed by atoms with Gasteiger partial charge in [0.05, 0.1) is 19.0 Å². The summed E-state index contributed by atoms with van der Waals surface area (Å²) in [6, 6.07) is 7.60. The van der Waals surface area contributed by atoms with Gasteiger partial charge in [0.25, 0.3) is 0 Å². The number of anilines is 3. The maximum atomic E-state index is 5.78. The number of ether oxygens (including phenoxy) is 1. The normalized spacial score (nSPS) is 10.6. The molecule has 2 heterocycles. The van der Waals surface area contributed by atoms with Gasteiger partial charge in [-0.1, -0.05) is 12.1 Å². The Hall–Kier alpha value is -2.76. The van der Waals surface area contributed by atoms with Crippen molar-refractivity contribution in [3.63, 3.8) is 0 Å². The predicted molar refractivity (Wildman–Crippen MR) is 73.7 cm³/mol. The van der Waals surface area contributed by atoms with Crippen molar-refractivity contribution < 1.29 is 4.74 Å². The van der Waals surface area contributed by atoms with Crippen molar-refractivity contribution in [3.05, 3.63) is 42.9 Å². The first kappa shape index (κ1) is 11.3. The van der Waals surface area contributed by atoms with Crippen LogP contribution in [0.1, 0.15) is 0 Å². The van der Waals surface area contributed by atoms with Gasteiger partial charge in [0, 0.05) is 12.4 Å². The van der Waals surface area contributed by atoms with Crippen molar-refractivity contribution in [3.8, 4) is 5.75 Å². The first-order valence-electron chi connectivity index (χ1n) is 5.77. The highest BCUT2D eigenvalue weighted by Crippen LogP contribution is 2.27. The zero-order chi connectivity index (χ0) is 13.2. The van der Waals surface area contributed by atoms with E-state index in [1.54, 1.807) is 19.5 Å². The molecule has 0 bridgehead atoms. The predicted octanol–water partition coefficient (Wildman–Crippen LogP) is 2.06. The standard InChI is InChI=1S/C13H13N5O/c1-19-10-5-3-2-4-9(10)16-12-13-15-6-7-18(13)8-11(14)17-12/h2-8H,14H2,1H3,(H,16,17). The van der Waals surface area contributed by atoms with E-state index in [4.69, 9.17) is 10.5 Å². The van der Waals surface area contributed by atoms with Crippen LogP contribution in [0.4, 0.5) is 17.3 Å². The summed E-state index contributed by atoms with van der Waals surface area (Å²) in [5.41, 5.74) is 7.30. The summed E-state index contributed by atoms with van der Waals surface area (Å²) < 4.78 is 7.11. The quantitative estimate of drug-likeness (QED) is 0.749. The van der Waals surface area contributed by atoms with Crippen LogP contribution in [-0.4, -0.2) is 21.5 Å². The molecule has 0 saturated heterocycles. The minimum Gasteiger partial charge on any atom is -0.495 e. The molecule has 2 aromatic heterocycles. The number of nitrogen functional groups attached to an aromatic ring is 1. The van der Waals surface area contributed by atoms with Crippen LogP contribution in [0.2, 0.25) is 0 Å². The fourth-order valence-corrected chi connectivity index (χ4v) is 1.91. The number of imidazole rings is 1. The lowest BCUT2D eigenvalue weighted by Gasteiger charge is -2.11. The molecular weight excluding hydrogens is 242 g/mol. The van der Waals surface area contributed by atoms with E-state index in [1.165, 1.54) is 0 Å². The minimum absolute atomic E-state index is 0.419. The van der Waals surface area contributed by atoms with Crippen molar-refractivity contribution in [1.82, 2.24) is 14.4 Å². The Balaban J connectivity index is 2.07. The molecule has 6 nitrogen and oxygen atoms in total. The van der Waals surface area contributed by atoms with Gasteiger partial charge >= 0.3 is 0 Å². The molecular formula is C13H13N5O. The Morgan fingerprint density at radius 1 is 1.32 bits per heavy atom. The largest absolute Gasteiger partial charge is 0.495 e. The Morgan fingerprint density at radius 2 is 2.16 bits per heavy atom. The molecule has 0 spiro atoms. The molecule has 0 aliphatic rings.